The van der Waals surface area contributed by atoms with Crippen molar-refractivity contribution in [3.05, 3.63) is 23.8 Å². The van der Waals surface area contributed by atoms with E-state index >= 15 is 0 Å². The van der Waals surface area contributed by atoms with Crippen LogP contribution in [0.15, 0.2) is 18.2 Å². The van der Waals surface area contributed by atoms with E-state index < -0.39 is 6.10 Å². The highest BCUT2D eigenvalue weighted by Crippen LogP contribution is 2.29. The minimum Gasteiger partial charge on any atom is -0.478 e. The Kier molecular flexibility index (Phi) is 2.99. The Morgan fingerprint density at radius 1 is 1.62 bits per heavy atom. The van der Waals surface area contributed by atoms with Gasteiger partial charge < -0.3 is 15.2 Å². The molecule has 0 aliphatic carbocycles. The number of carbonyl (C=O) groups excluding carboxylic acids is 1. The number of rotatable bonds is 2. The van der Waals surface area contributed by atoms with E-state index in [1.54, 1.807) is 19.1 Å². The Hall–Kier alpha value is -1.71. The Morgan fingerprint density at radius 2 is 2.44 bits per heavy atom. The monoisotopic (exact) mass is 221 g/mol. The summed E-state index contributed by atoms with van der Waals surface area (Å²) in [6.45, 7) is 2.17. The minimum absolute atomic E-state index is 0.287. The number of ether oxygens (including phenoxy) is 2. The molecule has 16 heavy (non-hydrogen) atoms. The van der Waals surface area contributed by atoms with Gasteiger partial charge in [0, 0.05) is 5.69 Å². The summed E-state index contributed by atoms with van der Waals surface area (Å²) in [7, 11) is 0. The first-order chi connectivity index (χ1) is 7.70. The molecule has 2 N–H and O–H groups in total. The van der Waals surface area contributed by atoms with Crippen molar-refractivity contribution in [3.63, 3.8) is 0 Å². The van der Waals surface area contributed by atoms with Gasteiger partial charge in [0.15, 0.2) is 6.10 Å². The molecular formula is C12H15NO3. The van der Waals surface area contributed by atoms with Crippen LogP contribution in [0.1, 0.15) is 18.9 Å². The lowest BCUT2D eigenvalue weighted by Crippen LogP contribution is -2.32. The largest absolute Gasteiger partial charge is 0.478 e. The van der Waals surface area contributed by atoms with Gasteiger partial charge >= 0.3 is 5.97 Å². The first-order valence-corrected chi connectivity index (χ1v) is 5.42. The Bertz CT molecular complexity index is 403. The maximum atomic E-state index is 11.5. The highest BCUT2D eigenvalue weighted by molar-refractivity contribution is 5.75. The summed E-state index contributed by atoms with van der Waals surface area (Å²) in [6.07, 6.45) is 0.968. The maximum Gasteiger partial charge on any atom is 0.347 e. The highest BCUT2D eigenvalue weighted by atomic mass is 16.6. The molecule has 4 heteroatoms. The van der Waals surface area contributed by atoms with E-state index in [1.165, 1.54) is 0 Å². The first-order valence-electron chi connectivity index (χ1n) is 5.42. The van der Waals surface area contributed by atoms with Gasteiger partial charge in [-0.1, -0.05) is 0 Å². The summed E-state index contributed by atoms with van der Waals surface area (Å²) in [5.74, 6) is 0.448. The standard InChI is InChI=1S/C12H15NO3/c1-2-15-12(14)11-5-3-8-7-9(13)4-6-10(8)16-11/h4,6-7,11H,2-3,5,13H2,1H3. The van der Waals surface area contributed by atoms with Gasteiger partial charge in [0.05, 0.1) is 6.61 Å². The van der Waals surface area contributed by atoms with Gasteiger partial charge in [-0.15, -0.1) is 0 Å². The summed E-state index contributed by atoms with van der Waals surface area (Å²) in [6, 6.07) is 5.46. The molecule has 1 aromatic carbocycles. The second kappa shape index (κ2) is 4.43. The zero-order chi connectivity index (χ0) is 11.5. The van der Waals surface area contributed by atoms with E-state index in [4.69, 9.17) is 15.2 Å². The SMILES string of the molecule is CCOC(=O)C1CCc2cc(N)ccc2O1. The lowest BCUT2D eigenvalue weighted by Gasteiger charge is -2.24. The molecule has 0 saturated heterocycles. The predicted molar refractivity (Wildman–Crippen MR) is 60.2 cm³/mol. The average Bonchev–Trinajstić information content (AvgIpc) is 2.28. The van der Waals surface area contributed by atoms with Crippen LogP contribution in [0.5, 0.6) is 5.75 Å². The maximum absolute atomic E-state index is 11.5. The quantitative estimate of drug-likeness (QED) is 0.607. The molecule has 86 valence electrons. The second-order valence-corrected chi connectivity index (χ2v) is 3.76. The lowest BCUT2D eigenvalue weighted by atomic mass is 10.0. The van der Waals surface area contributed by atoms with E-state index in [9.17, 15) is 4.79 Å². The van der Waals surface area contributed by atoms with Gasteiger partial charge in [-0.2, -0.15) is 0 Å². The van der Waals surface area contributed by atoms with Gasteiger partial charge in [-0.05, 0) is 43.5 Å². The predicted octanol–water partition coefficient (Wildman–Crippen LogP) is 1.53. The fraction of sp³-hybridized carbons (Fsp3) is 0.417. The molecule has 0 radical (unpaired) electrons. The Balaban J connectivity index is 2.12. The molecule has 1 unspecified atom stereocenters. The highest BCUT2D eigenvalue weighted by Gasteiger charge is 2.26. The fourth-order valence-corrected chi connectivity index (χ4v) is 1.81. The number of carbonyl (C=O) groups is 1. The lowest BCUT2D eigenvalue weighted by molar-refractivity contribution is -0.152. The number of anilines is 1. The van der Waals surface area contributed by atoms with Crippen molar-refractivity contribution in [2.75, 3.05) is 12.3 Å². The van der Waals surface area contributed by atoms with Crippen LogP contribution in [0.2, 0.25) is 0 Å². The average molecular weight is 221 g/mol. The molecule has 0 aromatic heterocycles. The van der Waals surface area contributed by atoms with Gasteiger partial charge in [0.2, 0.25) is 0 Å². The van der Waals surface area contributed by atoms with Crippen LogP contribution in [0.4, 0.5) is 5.69 Å². The number of nitrogens with two attached hydrogens (primary N) is 1. The summed E-state index contributed by atoms with van der Waals surface area (Å²) in [5, 5.41) is 0. The molecule has 4 nitrogen and oxygen atoms in total. The molecule has 1 aromatic rings. The topological polar surface area (TPSA) is 61.5 Å². The third-order valence-corrected chi connectivity index (χ3v) is 2.58. The van der Waals surface area contributed by atoms with Crippen LogP contribution in [0, 0.1) is 0 Å². The number of benzene rings is 1. The normalized spacial score (nSPS) is 18.4. The molecule has 0 spiro atoms. The van der Waals surface area contributed by atoms with Crippen molar-refractivity contribution in [1.29, 1.82) is 0 Å². The van der Waals surface area contributed by atoms with E-state index in [-0.39, 0.29) is 5.97 Å². The number of aryl methyl sites for hydroxylation is 1. The van der Waals surface area contributed by atoms with Gasteiger partial charge in [0.1, 0.15) is 5.75 Å². The smallest absolute Gasteiger partial charge is 0.347 e. The number of fused-ring (bicyclic) bond motifs is 1. The van der Waals surface area contributed by atoms with E-state index in [1.807, 2.05) is 6.07 Å². The molecule has 0 fully saturated rings. The number of hydrogen-bond acceptors (Lipinski definition) is 4. The van der Waals surface area contributed by atoms with Crippen molar-refractivity contribution in [1.82, 2.24) is 0 Å². The van der Waals surface area contributed by atoms with Crippen LogP contribution in [-0.2, 0) is 16.0 Å². The first kappa shape index (κ1) is 10.8. The zero-order valence-electron chi connectivity index (χ0n) is 9.23. The molecule has 2 rings (SSSR count). The van der Waals surface area contributed by atoms with Crippen LogP contribution in [0.3, 0.4) is 0 Å². The zero-order valence-corrected chi connectivity index (χ0v) is 9.23. The summed E-state index contributed by atoms with van der Waals surface area (Å²) < 4.78 is 10.5. The molecule has 1 heterocycles. The van der Waals surface area contributed by atoms with E-state index in [0.29, 0.717) is 13.0 Å². The van der Waals surface area contributed by atoms with E-state index in [0.717, 1.165) is 23.4 Å². The van der Waals surface area contributed by atoms with Crippen molar-refractivity contribution in [2.45, 2.75) is 25.9 Å². The molecule has 0 saturated carbocycles. The minimum atomic E-state index is -0.476. The van der Waals surface area contributed by atoms with Gasteiger partial charge in [-0.3, -0.25) is 0 Å². The Morgan fingerprint density at radius 3 is 3.19 bits per heavy atom. The molecular weight excluding hydrogens is 206 g/mol. The van der Waals surface area contributed by atoms with Crippen LogP contribution in [0.25, 0.3) is 0 Å². The van der Waals surface area contributed by atoms with Crippen LogP contribution in [-0.4, -0.2) is 18.7 Å². The number of nitrogen functional groups attached to an aromatic ring is 1. The summed E-state index contributed by atoms with van der Waals surface area (Å²) in [5.41, 5.74) is 7.45. The Labute approximate surface area is 94.3 Å². The molecule has 1 aliphatic heterocycles. The molecule has 0 amide bonds. The number of hydrogen-bond donors (Lipinski definition) is 1. The van der Waals surface area contributed by atoms with Crippen molar-refractivity contribution < 1.29 is 14.3 Å². The van der Waals surface area contributed by atoms with Crippen LogP contribution < -0.4 is 10.5 Å². The summed E-state index contributed by atoms with van der Waals surface area (Å²) in [4.78, 5) is 11.5. The van der Waals surface area contributed by atoms with Crippen molar-refractivity contribution >= 4 is 11.7 Å². The third kappa shape index (κ3) is 2.10. The molecule has 1 aliphatic rings. The summed E-state index contributed by atoms with van der Waals surface area (Å²) >= 11 is 0. The second-order valence-electron chi connectivity index (χ2n) is 3.76. The van der Waals surface area contributed by atoms with Crippen LogP contribution >= 0.6 is 0 Å². The molecule has 1 atom stereocenters. The van der Waals surface area contributed by atoms with Gasteiger partial charge in [0.25, 0.3) is 0 Å². The van der Waals surface area contributed by atoms with Crippen molar-refractivity contribution in [3.8, 4) is 5.75 Å². The third-order valence-electron chi connectivity index (χ3n) is 2.58. The molecule has 0 bridgehead atoms. The fourth-order valence-electron chi connectivity index (χ4n) is 1.81. The number of esters is 1. The van der Waals surface area contributed by atoms with Crippen molar-refractivity contribution in [2.24, 2.45) is 0 Å². The van der Waals surface area contributed by atoms with E-state index in [2.05, 4.69) is 0 Å². The van der Waals surface area contributed by atoms with Gasteiger partial charge in [-0.25, -0.2) is 4.79 Å².